The number of hydrogen-bond donors (Lipinski definition) is 1. The number of amides is 2. The first-order valence-electron chi connectivity index (χ1n) is 10.7. The summed E-state index contributed by atoms with van der Waals surface area (Å²) in [5.74, 6) is -0.484. The summed E-state index contributed by atoms with van der Waals surface area (Å²) in [6, 6.07) is 18.2. The Morgan fingerprint density at radius 1 is 1.09 bits per heavy atom. The number of nitrogens with one attached hydrogen (secondary N) is 1. The molecule has 1 saturated heterocycles. The lowest BCUT2D eigenvalue weighted by Crippen LogP contribution is -2.47. The minimum absolute atomic E-state index is 0.0848. The van der Waals surface area contributed by atoms with E-state index in [4.69, 9.17) is 4.74 Å². The highest BCUT2D eigenvalue weighted by Crippen LogP contribution is 2.41. The molecule has 2 atom stereocenters. The van der Waals surface area contributed by atoms with Gasteiger partial charge in [0.05, 0.1) is 19.1 Å². The van der Waals surface area contributed by atoms with Crippen LogP contribution in [0.15, 0.2) is 71.2 Å². The normalized spacial score (nSPS) is 18.2. The number of methoxy groups -OCH3 is 1. The van der Waals surface area contributed by atoms with Crippen LogP contribution in [-0.4, -0.2) is 18.9 Å². The standard InChI is InChI=1S/C26H24BrFN2O3/c1-16-15-18(27)5-13-23(16)29-26(32)22-12-14-24(31)30(20-8-10-21(33-2)11-9-20)25(22)17-3-6-19(28)7-4-17/h3-11,13,15,22,25H,12,14H2,1-2H3,(H,29,32). The van der Waals surface area contributed by atoms with Crippen molar-refractivity contribution in [1.29, 1.82) is 0 Å². The molecule has 0 saturated carbocycles. The summed E-state index contributed by atoms with van der Waals surface area (Å²) < 4.78 is 19.8. The van der Waals surface area contributed by atoms with Gasteiger partial charge >= 0.3 is 0 Å². The molecule has 0 radical (unpaired) electrons. The van der Waals surface area contributed by atoms with Gasteiger partial charge < -0.3 is 15.0 Å². The van der Waals surface area contributed by atoms with Gasteiger partial charge in [-0.05, 0) is 79.1 Å². The number of benzene rings is 3. The van der Waals surface area contributed by atoms with Gasteiger partial charge in [0.2, 0.25) is 11.8 Å². The Morgan fingerprint density at radius 2 is 1.79 bits per heavy atom. The quantitative estimate of drug-likeness (QED) is 0.455. The number of halogens is 2. The van der Waals surface area contributed by atoms with Crippen molar-refractivity contribution in [1.82, 2.24) is 0 Å². The number of hydrogen-bond acceptors (Lipinski definition) is 3. The highest BCUT2D eigenvalue weighted by molar-refractivity contribution is 9.10. The van der Waals surface area contributed by atoms with E-state index in [9.17, 15) is 14.0 Å². The maximum Gasteiger partial charge on any atom is 0.229 e. The molecule has 4 rings (SSSR count). The lowest BCUT2D eigenvalue weighted by molar-refractivity contribution is -0.125. The van der Waals surface area contributed by atoms with E-state index in [0.717, 1.165) is 10.0 Å². The first kappa shape index (κ1) is 23.0. The molecule has 170 valence electrons. The summed E-state index contributed by atoms with van der Waals surface area (Å²) >= 11 is 3.44. The second kappa shape index (κ2) is 9.75. The van der Waals surface area contributed by atoms with Crippen LogP contribution in [0.1, 0.15) is 30.0 Å². The summed E-state index contributed by atoms with van der Waals surface area (Å²) in [6.07, 6.45) is 0.635. The van der Waals surface area contributed by atoms with Gasteiger partial charge in [-0.15, -0.1) is 0 Å². The van der Waals surface area contributed by atoms with Crippen LogP contribution in [-0.2, 0) is 9.59 Å². The number of rotatable bonds is 5. The van der Waals surface area contributed by atoms with E-state index < -0.39 is 12.0 Å². The molecule has 7 heteroatoms. The van der Waals surface area contributed by atoms with Gasteiger partial charge in [0.25, 0.3) is 0 Å². The molecule has 3 aromatic rings. The fraction of sp³-hybridized carbons (Fsp3) is 0.231. The van der Waals surface area contributed by atoms with Crippen molar-refractivity contribution in [2.24, 2.45) is 5.92 Å². The van der Waals surface area contributed by atoms with Crippen molar-refractivity contribution in [2.75, 3.05) is 17.3 Å². The van der Waals surface area contributed by atoms with Crippen molar-refractivity contribution >= 4 is 39.1 Å². The average molecular weight is 511 g/mol. The Kier molecular flexibility index (Phi) is 6.79. The summed E-state index contributed by atoms with van der Waals surface area (Å²) in [7, 11) is 1.58. The maximum absolute atomic E-state index is 13.7. The monoisotopic (exact) mass is 510 g/mol. The lowest BCUT2D eigenvalue weighted by atomic mass is 9.83. The third-order valence-electron chi connectivity index (χ3n) is 5.94. The van der Waals surface area contributed by atoms with Gasteiger partial charge in [-0.3, -0.25) is 9.59 Å². The minimum atomic E-state index is -0.573. The van der Waals surface area contributed by atoms with Crippen molar-refractivity contribution in [2.45, 2.75) is 25.8 Å². The molecule has 1 fully saturated rings. The smallest absolute Gasteiger partial charge is 0.229 e. The van der Waals surface area contributed by atoms with E-state index in [1.807, 2.05) is 25.1 Å². The van der Waals surface area contributed by atoms with Gasteiger partial charge in [0, 0.05) is 22.3 Å². The van der Waals surface area contributed by atoms with Crippen molar-refractivity contribution in [3.8, 4) is 5.75 Å². The van der Waals surface area contributed by atoms with Crippen LogP contribution in [0.2, 0.25) is 0 Å². The van der Waals surface area contributed by atoms with Gasteiger partial charge in [0.1, 0.15) is 11.6 Å². The zero-order valence-electron chi connectivity index (χ0n) is 18.3. The van der Waals surface area contributed by atoms with E-state index in [0.29, 0.717) is 29.1 Å². The van der Waals surface area contributed by atoms with Crippen LogP contribution in [0.25, 0.3) is 0 Å². The van der Waals surface area contributed by atoms with E-state index in [-0.39, 0.29) is 24.1 Å². The predicted molar refractivity (Wildman–Crippen MR) is 130 cm³/mol. The number of nitrogens with zero attached hydrogens (tertiary/aromatic N) is 1. The molecule has 1 aliphatic heterocycles. The second-order valence-electron chi connectivity index (χ2n) is 8.05. The van der Waals surface area contributed by atoms with Crippen LogP contribution in [0, 0.1) is 18.7 Å². The molecule has 1 N–H and O–H groups in total. The Balaban J connectivity index is 1.73. The Labute approximate surface area is 200 Å². The topological polar surface area (TPSA) is 58.6 Å². The fourth-order valence-electron chi connectivity index (χ4n) is 4.25. The largest absolute Gasteiger partial charge is 0.497 e. The number of carbonyl (C=O) groups is 2. The van der Waals surface area contributed by atoms with Crippen LogP contribution in [0.4, 0.5) is 15.8 Å². The number of anilines is 2. The molecular formula is C26H24BrFN2O3. The maximum atomic E-state index is 13.7. The Hall–Kier alpha value is -3.19. The molecule has 2 amide bonds. The lowest BCUT2D eigenvalue weighted by Gasteiger charge is -2.41. The third kappa shape index (κ3) is 4.93. The molecule has 0 aliphatic carbocycles. The van der Waals surface area contributed by atoms with Gasteiger partial charge in [-0.25, -0.2) is 4.39 Å². The molecule has 33 heavy (non-hydrogen) atoms. The average Bonchev–Trinajstić information content (AvgIpc) is 2.81. The fourth-order valence-corrected chi connectivity index (χ4v) is 4.72. The SMILES string of the molecule is COc1ccc(N2C(=O)CCC(C(=O)Nc3ccc(Br)cc3C)C2c2ccc(F)cc2)cc1. The van der Waals surface area contributed by atoms with Crippen molar-refractivity contribution < 1.29 is 18.7 Å². The van der Waals surface area contributed by atoms with Crippen LogP contribution in [0.5, 0.6) is 5.75 Å². The first-order chi connectivity index (χ1) is 15.9. The molecule has 1 aliphatic rings. The molecule has 3 aromatic carbocycles. The molecule has 5 nitrogen and oxygen atoms in total. The number of piperidine rings is 1. The molecule has 0 spiro atoms. The summed E-state index contributed by atoms with van der Waals surface area (Å²) in [4.78, 5) is 28.2. The Morgan fingerprint density at radius 3 is 2.42 bits per heavy atom. The van der Waals surface area contributed by atoms with Crippen LogP contribution >= 0.6 is 15.9 Å². The van der Waals surface area contributed by atoms with Crippen LogP contribution < -0.4 is 15.0 Å². The van der Waals surface area contributed by atoms with Crippen LogP contribution in [0.3, 0.4) is 0 Å². The summed E-state index contributed by atoms with van der Waals surface area (Å²) in [6.45, 7) is 1.92. The van der Waals surface area contributed by atoms with Crippen molar-refractivity contribution in [3.63, 3.8) is 0 Å². The van der Waals surface area contributed by atoms with E-state index >= 15 is 0 Å². The number of aryl methyl sites for hydroxylation is 1. The molecule has 0 bridgehead atoms. The third-order valence-corrected chi connectivity index (χ3v) is 6.44. The summed E-state index contributed by atoms with van der Waals surface area (Å²) in [5, 5.41) is 3.03. The zero-order chi connectivity index (χ0) is 23.5. The zero-order valence-corrected chi connectivity index (χ0v) is 19.9. The Bertz CT molecular complexity index is 1170. The highest BCUT2D eigenvalue weighted by Gasteiger charge is 2.41. The summed E-state index contributed by atoms with van der Waals surface area (Å²) in [5.41, 5.74) is 3.00. The molecule has 0 aromatic heterocycles. The second-order valence-corrected chi connectivity index (χ2v) is 8.97. The van der Waals surface area contributed by atoms with E-state index in [1.54, 1.807) is 48.4 Å². The molecule has 1 heterocycles. The van der Waals surface area contributed by atoms with Gasteiger partial charge in [0.15, 0.2) is 0 Å². The van der Waals surface area contributed by atoms with Gasteiger partial charge in [-0.1, -0.05) is 28.1 Å². The number of ether oxygens (including phenoxy) is 1. The van der Waals surface area contributed by atoms with E-state index in [2.05, 4.69) is 21.2 Å². The minimum Gasteiger partial charge on any atom is -0.497 e. The van der Waals surface area contributed by atoms with E-state index in [1.165, 1.54) is 12.1 Å². The molecule has 2 unspecified atom stereocenters. The molecular weight excluding hydrogens is 487 g/mol. The highest BCUT2D eigenvalue weighted by atomic mass is 79.9. The van der Waals surface area contributed by atoms with Gasteiger partial charge in [-0.2, -0.15) is 0 Å². The first-order valence-corrected chi connectivity index (χ1v) is 11.5. The number of carbonyl (C=O) groups excluding carboxylic acids is 2. The predicted octanol–water partition coefficient (Wildman–Crippen LogP) is 6.03. The van der Waals surface area contributed by atoms with Crippen molar-refractivity contribution in [3.05, 3.63) is 88.1 Å².